The quantitative estimate of drug-likeness (QED) is 0.0377. The molecule has 1 aliphatic heterocycles. The highest BCUT2D eigenvalue weighted by molar-refractivity contribution is 8.00. The van der Waals surface area contributed by atoms with Crippen LogP contribution in [0.25, 0.3) is 5.76 Å². The largest absolute Gasteiger partial charge is 0.507 e. The number of esters is 1. The fourth-order valence-electron chi connectivity index (χ4n) is 5.20. The number of thioether (sulfide) groups is 1. The highest BCUT2D eigenvalue weighted by Crippen LogP contribution is 2.44. The number of hydrogen-bond acceptors (Lipinski definition) is 10. The molecule has 1 amide bonds. The SMILES string of the molecule is COC(=O)c1ccc(C2C(=C(O)c3ccc(OCc4ccccc4C)cc3)C(=O)C(=O)N2c2nnc(SCc3ccc(Cl)cc3Cl)s2)cc1. The first-order valence-electron chi connectivity index (χ1n) is 14.8. The second kappa shape index (κ2) is 14.8. The Hall–Kier alpha value is -4.68. The molecule has 9 nitrogen and oxygen atoms in total. The molecule has 0 spiro atoms. The predicted molar refractivity (Wildman–Crippen MR) is 190 cm³/mol. The summed E-state index contributed by atoms with van der Waals surface area (Å²) in [7, 11) is 1.27. The van der Waals surface area contributed by atoms with Crippen LogP contribution < -0.4 is 9.64 Å². The smallest absolute Gasteiger partial charge is 0.337 e. The summed E-state index contributed by atoms with van der Waals surface area (Å²) in [5.74, 6) is -1.66. The summed E-state index contributed by atoms with van der Waals surface area (Å²) >= 11 is 14.8. The van der Waals surface area contributed by atoms with Gasteiger partial charge in [-0.1, -0.05) is 88.8 Å². The number of aromatic nitrogens is 2. The molecule has 0 radical (unpaired) electrons. The van der Waals surface area contributed by atoms with Crippen molar-refractivity contribution < 1.29 is 29.0 Å². The molecule has 0 bridgehead atoms. The van der Waals surface area contributed by atoms with E-state index in [0.29, 0.717) is 43.6 Å². The number of methoxy groups -OCH3 is 1. The van der Waals surface area contributed by atoms with E-state index < -0.39 is 23.7 Å². The summed E-state index contributed by atoms with van der Waals surface area (Å²) in [5.41, 5.74) is 3.90. The Bertz CT molecular complexity index is 2080. The third kappa shape index (κ3) is 7.35. The Kier molecular flexibility index (Phi) is 10.4. The van der Waals surface area contributed by atoms with E-state index in [-0.39, 0.29) is 22.0 Å². The maximum Gasteiger partial charge on any atom is 0.337 e. The van der Waals surface area contributed by atoms with Gasteiger partial charge in [-0.3, -0.25) is 14.5 Å². The number of aliphatic hydroxyl groups is 1. The van der Waals surface area contributed by atoms with Crippen molar-refractivity contribution in [3.63, 3.8) is 0 Å². The molecule has 1 fully saturated rings. The zero-order chi connectivity index (χ0) is 34.7. The van der Waals surface area contributed by atoms with Crippen LogP contribution in [-0.2, 0) is 26.7 Å². The third-order valence-corrected chi connectivity index (χ3v) is 10.5. The zero-order valence-corrected chi connectivity index (χ0v) is 29.2. The van der Waals surface area contributed by atoms with Crippen LogP contribution in [0.1, 0.15) is 44.2 Å². The molecular formula is C36H27Cl2N3O6S2. The highest BCUT2D eigenvalue weighted by Gasteiger charge is 2.48. The van der Waals surface area contributed by atoms with Gasteiger partial charge in [0.05, 0.1) is 24.3 Å². The summed E-state index contributed by atoms with van der Waals surface area (Å²) in [6, 6.07) is 24.9. The first-order chi connectivity index (χ1) is 23.6. The fraction of sp³-hybridized carbons (Fsp3) is 0.139. The number of carbonyl (C=O) groups is 3. The minimum absolute atomic E-state index is 0.137. The van der Waals surface area contributed by atoms with Crippen LogP contribution in [0.15, 0.2) is 101 Å². The van der Waals surface area contributed by atoms with Gasteiger partial charge >= 0.3 is 11.9 Å². The molecule has 5 aromatic rings. The van der Waals surface area contributed by atoms with Crippen molar-refractivity contribution >= 4 is 74.9 Å². The second-order valence-corrected chi connectivity index (χ2v) is 13.9. The number of rotatable bonds is 10. The van der Waals surface area contributed by atoms with Crippen LogP contribution in [0.5, 0.6) is 5.75 Å². The normalized spacial score (nSPS) is 15.4. The molecule has 1 saturated heterocycles. The van der Waals surface area contributed by atoms with Gasteiger partial charge in [-0.15, -0.1) is 10.2 Å². The molecule has 49 heavy (non-hydrogen) atoms. The topological polar surface area (TPSA) is 119 Å². The van der Waals surface area contributed by atoms with Gasteiger partial charge in [0.15, 0.2) is 4.34 Å². The lowest BCUT2D eigenvalue weighted by Crippen LogP contribution is -2.29. The van der Waals surface area contributed by atoms with Crippen LogP contribution in [0.2, 0.25) is 10.0 Å². The second-order valence-electron chi connectivity index (χ2n) is 10.9. The van der Waals surface area contributed by atoms with Crippen molar-refractivity contribution in [2.45, 2.75) is 29.7 Å². The summed E-state index contributed by atoms with van der Waals surface area (Å²) in [4.78, 5) is 40.7. The van der Waals surface area contributed by atoms with E-state index in [2.05, 4.69) is 10.2 Å². The number of amides is 1. The van der Waals surface area contributed by atoms with Crippen LogP contribution in [0.3, 0.4) is 0 Å². The van der Waals surface area contributed by atoms with Crippen LogP contribution >= 0.6 is 46.3 Å². The number of hydrogen-bond donors (Lipinski definition) is 1. The number of aliphatic hydroxyl groups excluding tert-OH is 1. The number of halogens is 2. The van der Waals surface area contributed by atoms with Crippen LogP contribution in [-0.4, -0.2) is 40.1 Å². The van der Waals surface area contributed by atoms with E-state index in [1.54, 1.807) is 48.5 Å². The third-order valence-electron chi connectivity index (χ3n) is 7.84. The summed E-state index contributed by atoms with van der Waals surface area (Å²) in [6.07, 6.45) is 0. The van der Waals surface area contributed by atoms with Gasteiger partial charge in [-0.2, -0.15) is 0 Å². The molecule has 2 heterocycles. The Morgan fingerprint density at radius 2 is 1.65 bits per heavy atom. The number of benzene rings is 4. The van der Waals surface area contributed by atoms with Gasteiger partial charge in [0.1, 0.15) is 18.1 Å². The minimum atomic E-state index is -1.07. The van der Waals surface area contributed by atoms with Crippen molar-refractivity contribution in [2.75, 3.05) is 12.0 Å². The number of ether oxygens (including phenoxy) is 2. The molecule has 0 saturated carbocycles. The van der Waals surface area contributed by atoms with E-state index in [9.17, 15) is 19.5 Å². The number of anilines is 1. The van der Waals surface area contributed by atoms with E-state index >= 15 is 0 Å². The molecule has 1 aliphatic rings. The minimum Gasteiger partial charge on any atom is -0.507 e. The first kappa shape index (κ1) is 34.2. The number of nitrogens with zero attached hydrogens (tertiary/aromatic N) is 3. The molecule has 4 aromatic carbocycles. The summed E-state index contributed by atoms with van der Waals surface area (Å²) in [5, 5.41) is 21.3. The lowest BCUT2D eigenvalue weighted by Gasteiger charge is -2.22. The molecule has 1 unspecified atom stereocenters. The van der Waals surface area contributed by atoms with Crippen molar-refractivity contribution in [2.24, 2.45) is 0 Å². The van der Waals surface area contributed by atoms with Crippen molar-refractivity contribution in [1.82, 2.24) is 10.2 Å². The Labute approximate surface area is 300 Å². The monoisotopic (exact) mass is 731 g/mol. The van der Waals surface area contributed by atoms with E-state index in [4.69, 9.17) is 32.7 Å². The molecule has 248 valence electrons. The van der Waals surface area contributed by atoms with Crippen LogP contribution in [0, 0.1) is 6.92 Å². The van der Waals surface area contributed by atoms with Gasteiger partial charge < -0.3 is 14.6 Å². The van der Waals surface area contributed by atoms with Gasteiger partial charge in [-0.05, 0) is 77.7 Å². The van der Waals surface area contributed by atoms with Gasteiger partial charge in [0, 0.05) is 21.4 Å². The lowest BCUT2D eigenvalue weighted by atomic mass is 9.94. The molecule has 1 atom stereocenters. The van der Waals surface area contributed by atoms with Gasteiger partial charge in [-0.25, -0.2) is 4.79 Å². The van der Waals surface area contributed by atoms with Crippen molar-refractivity contribution in [3.8, 4) is 5.75 Å². The van der Waals surface area contributed by atoms with Crippen LogP contribution in [0.4, 0.5) is 5.13 Å². The van der Waals surface area contributed by atoms with Crippen molar-refractivity contribution in [1.29, 1.82) is 0 Å². The Balaban J connectivity index is 1.32. The first-order valence-corrected chi connectivity index (χ1v) is 17.4. The van der Waals surface area contributed by atoms with Gasteiger partial charge in [0.2, 0.25) is 5.13 Å². The van der Waals surface area contributed by atoms with E-state index in [0.717, 1.165) is 28.0 Å². The predicted octanol–water partition coefficient (Wildman–Crippen LogP) is 8.44. The van der Waals surface area contributed by atoms with E-state index in [1.807, 2.05) is 37.3 Å². The zero-order valence-electron chi connectivity index (χ0n) is 26.1. The number of ketones is 1. The summed E-state index contributed by atoms with van der Waals surface area (Å²) < 4.78 is 11.3. The molecule has 6 rings (SSSR count). The average molecular weight is 733 g/mol. The highest BCUT2D eigenvalue weighted by atomic mass is 35.5. The Morgan fingerprint density at radius 1 is 0.939 bits per heavy atom. The van der Waals surface area contributed by atoms with Gasteiger partial charge in [0.25, 0.3) is 5.78 Å². The lowest BCUT2D eigenvalue weighted by molar-refractivity contribution is -0.132. The molecular weight excluding hydrogens is 705 g/mol. The van der Waals surface area contributed by atoms with E-state index in [1.165, 1.54) is 35.9 Å². The molecule has 1 N–H and O–H groups in total. The molecule has 0 aliphatic carbocycles. The molecule has 1 aromatic heterocycles. The average Bonchev–Trinajstić information content (AvgIpc) is 3.68. The Morgan fingerprint density at radius 3 is 2.35 bits per heavy atom. The summed E-state index contributed by atoms with van der Waals surface area (Å²) in [6.45, 7) is 2.37. The number of Topliss-reactive ketones (excluding diaryl/α,β-unsaturated/α-hetero) is 1. The number of aryl methyl sites for hydroxylation is 1. The fourth-order valence-corrected chi connectivity index (χ4v) is 7.62. The van der Waals surface area contributed by atoms with Crippen molar-refractivity contribution in [3.05, 3.63) is 140 Å². The molecule has 13 heteroatoms. The standard InChI is InChI=1S/C36H27Cl2N3O6S2/c1-20-5-3-4-6-24(20)18-47-27-15-12-22(13-16-27)31(42)29-30(21-7-9-23(10-8-21)34(45)46-2)41(33(44)32(29)43)35-39-40-36(49-35)48-19-25-11-14-26(37)17-28(25)38/h3-17,30,42H,18-19H2,1-2H3. The maximum atomic E-state index is 13.7. The number of carbonyl (C=O) groups excluding carboxylic acids is 3. The maximum absolute atomic E-state index is 13.7.